The van der Waals surface area contributed by atoms with Crippen LogP contribution in [0.3, 0.4) is 0 Å². The van der Waals surface area contributed by atoms with E-state index in [1.54, 1.807) is 5.38 Å². The van der Waals surface area contributed by atoms with Crippen molar-refractivity contribution in [1.29, 1.82) is 0 Å². The highest BCUT2D eigenvalue weighted by atomic mass is 35.5. The zero-order chi connectivity index (χ0) is 17.8. The van der Waals surface area contributed by atoms with Gasteiger partial charge in [-0.15, -0.1) is 36.2 Å². The third-order valence-electron chi connectivity index (χ3n) is 3.96. The highest BCUT2D eigenvalue weighted by Crippen LogP contribution is 2.21. The maximum atomic E-state index is 12.4. The Morgan fingerprint density at radius 1 is 1.30 bits per heavy atom. The number of hydrogen-bond donors (Lipinski definition) is 2. The Bertz CT molecular complexity index is 878. The van der Waals surface area contributed by atoms with Crippen molar-refractivity contribution in [1.82, 2.24) is 14.5 Å². The smallest absolute Gasteiger partial charge is 0.275 e. The highest BCUT2D eigenvalue weighted by molar-refractivity contribution is 7.09. The molecule has 6 nitrogen and oxygen atoms in total. The number of thiazole rings is 1. The monoisotopic (exact) mass is 429 g/mol. The second kappa shape index (κ2) is 10.6. The molecule has 0 spiro atoms. The first kappa shape index (κ1) is 23.4. The van der Waals surface area contributed by atoms with Gasteiger partial charge in [-0.1, -0.05) is 6.07 Å². The van der Waals surface area contributed by atoms with Crippen LogP contribution >= 0.6 is 36.2 Å². The van der Waals surface area contributed by atoms with Crippen LogP contribution in [0.25, 0.3) is 10.9 Å². The number of amides is 1. The summed E-state index contributed by atoms with van der Waals surface area (Å²) in [4.78, 5) is 18.9. The number of anilines is 1. The van der Waals surface area contributed by atoms with Crippen LogP contribution in [0, 0.1) is 0 Å². The number of rotatable bonds is 7. The average molecular weight is 430 g/mol. The van der Waals surface area contributed by atoms with Gasteiger partial charge in [0.2, 0.25) is 0 Å². The molecule has 0 saturated heterocycles. The summed E-state index contributed by atoms with van der Waals surface area (Å²) >= 11 is 1.47. The molecule has 2 aromatic heterocycles. The fourth-order valence-electron chi connectivity index (χ4n) is 2.61. The van der Waals surface area contributed by atoms with Crippen molar-refractivity contribution in [2.24, 2.45) is 5.73 Å². The van der Waals surface area contributed by atoms with Crippen molar-refractivity contribution >= 4 is 58.6 Å². The van der Waals surface area contributed by atoms with Crippen molar-refractivity contribution in [3.8, 4) is 0 Å². The van der Waals surface area contributed by atoms with E-state index < -0.39 is 0 Å². The number of aromatic nitrogens is 2. The molecule has 3 aromatic rings. The molecule has 0 aliphatic heterocycles. The van der Waals surface area contributed by atoms with Crippen molar-refractivity contribution in [3.63, 3.8) is 0 Å². The van der Waals surface area contributed by atoms with E-state index in [2.05, 4.69) is 46.1 Å². The van der Waals surface area contributed by atoms with Gasteiger partial charge in [0.05, 0.1) is 10.5 Å². The van der Waals surface area contributed by atoms with E-state index >= 15 is 0 Å². The molecular weight excluding hydrogens is 405 g/mol. The minimum Gasteiger partial charge on any atom is -0.346 e. The first-order valence-corrected chi connectivity index (χ1v) is 9.14. The van der Waals surface area contributed by atoms with Gasteiger partial charge in [0.25, 0.3) is 5.91 Å². The molecule has 148 valence electrons. The SMILES string of the molecule is CN(C)CCn1ccc2ccc(NC(=O)c3csc(CCN)n3)cc21.Cl.Cl. The second-order valence-electron chi connectivity index (χ2n) is 6.21. The number of carbonyl (C=O) groups is 1. The Kier molecular flexibility index (Phi) is 9.21. The molecule has 0 atom stereocenters. The standard InChI is InChI=1S/C18H23N5OS.2ClH/c1-22(2)9-10-23-8-6-13-3-4-14(11-16(13)23)20-18(24)15-12-25-17(21-15)5-7-19;;/h3-4,6,8,11-12H,5,7,9-10,19H2,1-2H3,(H,20,24);2*1H. The summed E-state index contributed by atoms with van der Waals surface area (Å²) in [5.74, 6) is -0.190. The summed E-state index contributed by atoms with van der Waals surface area (Å²) in [6.07, 6.45) is 2.78. The lowest BCUT2D eigenvalue weighted by atomic mass is 10.2. The van der Waals surface area contributed by atoms with Crippen LogP contribution in [0.15, 0.2) is 35.8 Å². The molecule has 1 amide bonds. The Balaban J connectivity index is 0.00000182. The zero-order valence-electron chi connectivity index (χ0n) is 15.3. The van der Waals surface area contributed by atoms with Crippen LogP contribution in [0.1, 0.15) is 15.5 Å². The first-order chi connectivity index (χ1) is 12.1. The maximum absolute atomic E-state index is 12.4. The Morgan fingerprint density at radius 2 is 2.07 bits per heavy atom. The molecule has 0 radical (unpaired) electrons. The van der Waals surface area contributed by atoms with Gasteiger partial charge in [-0.3, -0.25) is 4.79 Å². The third-order valence-corrected chi connectivity index (χ3v) is 4.87. The number of nitrogens with one attached hydrogen (secondary N) is 1. The van der Waals surface area contributed by atoms with E-state index in [9.17, 15) is 4.79 Å². The molecule has 0 aliphatic rings. The van der Waals surface area contributed by atoms with Gasteiger partial charge in [0.1, 0.15) is 5.69 Å². The van der Waals surface area contributed by atoms with Gasteiger partial charge in [0.15, 0.2) is 0 Å². The summed E-state index contributed by atoms with van der Waals surface area (Å²) in [7, 11) is 4.12. The first-order valence-electron chi connectivity index (χ1n) is 8.26. The third kappa shape index (κ3) is 5.92. The molecule has 0 saturated carbocycles. The number of benzene rings is 1. The summed E-state index contributed by atoms with van der Waals surface area (Å²) in [6, 6.07) is 8.05. The van der Waals surface area contributed by atoms with Gasteiger partial charge in [-0.05, 0) is 44.2 Å². The summed E-state index contributed by atoms with van der Waals surface area (Å²) in [5.41, 5.74) is 7.86. The molecule has 3 rings (SSSR count). The predicted octanol–water partition coefficient (Wildman–Crippen LogP) is 3.26. The number of carbonyl (C=O) groups excluding carboxylic acids is 1. The predicted molar refractivity (Wildman–Crippen MR) is 118 cm³/mol. The lowest BCUT2D eigenvalue weighted by Gasteiger charge is -2.12. The van der Waals surface area contributed by atoms with Crippen LogP contribution in [-0.4, -0.2) is 47.5 Å². The molecule has 2 heterocycles. The van der Waals surface area contributed by atoms with Gasteiger partial charge in [-0.2, -0.15) is 0 Å². The Morgan fingerprint density at radius 3 is 2.78 bits per heavy atom. The summed E-state index contributed by atoms with van der Waals surface area (Å²) in [5, 5.41) is 6.77. The van der Waals surface area contributed by atoms with Gasteiger partial charge in [-0.25, -0.2) is 4.98 Å². The molecule has 0 aliphatic carbocycles. The minimum atomic E-state index is -0.190. The molecule has 9 heteroatoms. The van der Waals surface area contributed by atoms with Gasteiger partial charge < -0.3 is 20.5 Å². The largest absolute Gasteiger partial charge is 0.346 e. The van der Waals surface area contributed by atoms with Crippen LogP contribution < -0.4 is 11.1 Å². The number of halogens is 2. The molecule has 0 unspecified atom stereocenters. The van der Waals surface area contributed by atoms with Gasteiger partial charge >= 0.3 is 0 Å². The summed E-state index contributed by atoms with van der Waals surface area (Å²) in [6.45, 7) is 2.40. The van der Waals surface area contributed by atoms with E-state index in [4.69, 9.17) is 5.73 Å². The minimum absolute atomic E-state index is 0. The van der Waals surface area contributed by atoms with Crippen LogP contribution in [0.5, 0.6) is 0 Å². The fraction of sp³-hybridized carbons (Fsp3) is 0.333. The van der Waals surface area contributed by atoms with E-state index in [1.165, 1.54) is 11.3 Å². The van der Waals surface area contributed by atoms with E-state index in [0.29, 0.717) is 18.7 Å². The van der Waals surface area contributed by atoms with Crippen molar-refractivity contribution < 1.29 is 4.79 Å². The van der Waals surface area contributed by atoms with E-state index in [-0.39, 0.29) is 30.7 Å². The normalized spacial score (nSPS) is 10.5. The number of nitrogens with two attached hydrogens (primary N) is 1. The average Bonchev–Trinajstić information content (AvgIpc) is 3.20. The molecule has 0 fully saturated rings. The molecule has 0 bridgehead atoms. The lowest BCUT2D eigenvalue weighted by Crippen LogP contribution is -2.18. The van der Waals surface area contributed by atoms with Crippen LogP contribution in [0.4, 0.5) is 5.69 Å². The van der Waals surface area contributed by atoms with Crippen LogP contribution in [0.2, 0.25) is 0 Å². The number of likely N-dealkylation sites (N-methyl/N-ethyl adjacent to an activating group) is 1. The van der Waals surface area contributed by atoms with Crippen molar-refractivity contribution in [2.45, 2.75) is 13.0 Å². The van der Waals surface area contributed by atoms with E-state index in [1.807, 2.05) is 18.2 Å². The van der Waals surface area contributed by atoms with Crippen molar-refractivity contribution in [3.05, 3.63) is 46.5 Å². The topological polar surface area (TPSA) is 76.2 Å². The maximum Gasteiger partial charge on any atom is 0.275 e. The number of fused-ring (bicyclic) bond motifs is 1. The fourth-order valence-corrected chi connectivity index (χ4v) is 3.41. The highest BCUT2D eigenvalue weighted by Gasteiger charge is 2.12. The molecule has 3 N–H and O–H groups in total. The molecule has 27 heavy (non-hydrogen) atoms. The Hall–Kier alpha value is -1.64. The lowest BCUT2D eigenvalue weighted by molar-refractivity contribution is 0.102. The zero-order valence-corrected chi connectivity index (χ0v) is 17.8. The van der Waals surface area contributed by atoms with Gasteiger partial charge in [0, 0.05) is 36.8 Å². The molecule has 1 aromatic carbocycles. The van der Waals surface area contributed by atoms with Crippen molar-refractivity contribution in [2.75, 3.05) is 32.5 Å². The van der Waals surface area contributed by atoms with E-state index in [0.717, 1.165) is 34.7 Å². The summed E-state index contributed by atoms with van der Waals surface area (Å²) < 4.78 is 2.20. The second-order valence-corrected chi connectivity index (χ2v) is 7.15. The molecular formula is C18H25Cl2N5OS. The quantitative estimate of drug-likeness (QED) is 0.604. The Labute approximate surface area is 175 Å². The number of hydrogen-bond acceptors (Lipinski definition) is 5. The number of nitrogens with zero attached hydrogens (tertiary/aromatic N) is 3. The van der Waals surface area contributed by atoms with Crippen LogP contribution in [-0.2, 0) is 13.0 Å².